The Kier molecular flexibility index (Phi) is 7.68. The molecule has 6 nitrogen and oxygen atoms in total. The lowest BCUT2D eigenvalue weighted by Gasteiger charge is -2.20. The number of rotatable bonds is 7. The van der Waals surface area contributed by atoms with Crippen molar-refractivity contribution in [3.05, 3.63) is 71.3 Å². The molecule has 1 atom stereocenters. The van der Waals surface area contributed by atoms with Crippen molar-refractivity contribution in [2.24, 2.45) is 0 Å². The molecule has 0 fully saturated rings. The SMILES string of the molecule is O=C(O[C@@H](CNc1cc(-c2ccc(OC(F)(F)F)c(Cl)c2)ncn1)c1ccc(F)cc1)C(F)(F)F. The van der Waals surface area contributed by atoms with Gasteiger partial charge in [0.2, 0.25) is 0 Å². The van der Waals surface area contributed by atoms with Gasteiger partial charge in [0.15, 0.2) is 0 Å². The number of benzene rings is 2. The smallest absolute Gasteiger partial charge is 0.449 e. The molecule has 0 amide bonds. The maximum atomic E-state index is 13.2. The predicted molar refractivity (Wildman–Crippen MR) is 109 cm³/mol. The van der Waals surface area contributed by atoms with Crippen LogP contribution in [0.15, 0.2) is 54.9 Å². The van der Waals surface area contributed by atoms with E-state index in [4.69, 9.17) is 11.6 Å². The third kappa shape index (κ3) is 7.44. The van der Waals surface area contributed by atoms with Crippen molar-refractivity contribution in [3.8, 4) is 17.0 Å². The number of anilines is 1. The molecule has 0 bridgehead atoms. The average Bonchev–Trinajstić information content (AvgIpc) is 2.77. The summed E-state index contributed by atoms with van der Waals surface area (Å²) in [6.07, 6.45) is -10.6. The van der Waals surface area contributed by atoms with Crippen LogP contribution in [0.5, 0.6) is 5.75 Å². The van der Waals surface area contributed by atoms with Gasteiger partial charge in [-0.2, -0.15) is 13.2 Å². The van der Waals surface area contributed by atoms with E-state index in [0.717, 1.165) is 36.7 Å². The number of nitrogens with zero attached hydrogens (tertiary/aromatic N) is 2. The van der Waals surface area contributed by atoms with E-state index in [1.165, 1.54) is 18.2 Å². The summed E-state index contributed by atoms with van der Waals surface area (Å²) < 4.78 is 96.8. The lowest BCUT2D eigenvalue weighted by molar-refractivity contribution is -0.274. The maximum Gasteiger partial charge on any atom is 0.573 e. The molecule has 0 unspecified atom stereocenters. The largest absolute Gasteiger partial charge is 0.573 e. The molecule has 3 aromatic rings. The van der Waals surface area contributed by atoms with Gasteiger partial charge in [0.25, 0.3) is 0 Å². The van der Waals surface area contributed by atoms with E-state index >= 15 is 0 Å². The van der Waals surface area contributed by atoms with Crippen LogP contribution in [-0.2, 0) is 9.53 Å². The number of hydrogen-bond acceptors (Lipinski definition) is 6. The van der Waals surface area contributed by atoms with Gasteiger partial charge in [-0.25, -0.2) is 19.2 Å². The monoisotopic (exact) mass is 523 g/mol. The number of esters is 1. The van der Waals surface area contributed by atoms with Gasteiger partial charge in [-0.15, -0.1) is 13.2 Å². The minimum Gasteiger partial charge on any atom is -0.449 e. The second-order valence-electron chi connectivity index (χ2n) is 6.81. The Bertz CT molecular complexity index is 1190. The number of aromatic nitrogens is 2. The first-order valence-corrected chi connectivity index (χ1v) is 9.84. The van der Waals surface area contributed by atoms with Gasteiger partial charge in [0.1, 0.15) is 29.8 Å². The quantitative estimate of drug-likeness (QED) is 0.298. The van der Waals surface area contributed by atoms with Gasteiger partial charge in [-0.05, 0) is 35.9 Å². The molecule has 0 aliphatic rings. The Balaban J connectivity index is 1.78. The van der Waals surface area contributed by atoms with E-state index in [9.17, 15) is 35.5 Å². The summed E-state index contributed by atoms with van der Waals surface area (Å²) in [6.45, 7) is -0.386. The van der Waals surface area contributed by atoms with Crippen LogP contribution < -0.4 is 10.1 Å². The van der Waals surface area contributed by atoms with Crippen molar-refractivity contribution in [1.29, 1.82) is 0 Å². The molecule has 1 N–H and O–H groups in total. The summed E-state index contributed by atoms with van der Waals surface area (Å²) in [6, 6.07) is 9.04. The fourth-order valence-corrected chi connectivity index (χ4v) is 3.00. The molecule has 0 aliphatic heterocycles. The van der Waals surface area contributed by atoms with E-state index in [1.807, 2.05) is 0 Å². The molecule has 2 aromatic carbocycles. The van der Waals surface area contributed by atoms with E-state index in [1.54, 1.807) is 0 Å². The molecule has 186 valence electrons. The van der Waals surface area contributed by atoms with Crippen LogP contribution in [0.4, 0.5) is 36.6 Å². The van der Waals surface area contributed by atoms with Gasteiger partial charge >= 0.3 is 18.5 Å². The summed E-state index contributed by atoms with van der Waals surface area (Å²) in [5, 5.41) is 2.34. The number of carbonyl (C=O) groups is 1. The highest BCUT2D eigenvalue weighted by molar-refractivity contribution is 6.32. The van der Waals surface area contributed by atoms with Gasteiger partial charge in [0, 0.05) is 11.6 Å². The van der Waals surface area contributed by atoms with Crippen LogP contribution in [0.2, 0.25) is 5.02 Å². The third-order valence-electron chi connectivity index (χ3n) is 4.31. The van der Waals surface area contributed by atoms with Gasteiger partial charge in [-0.1, -0.05) is 23.7 Å². The molecule has 0 aliphatic carbocycles. The standard InChI is InChI=1S/C21H13ClF7N3O3/c22-14-7-12(3-6-16(14)35-21(27,28)29)15-8-18(32-10-31-15)30-9-17(34-19(33)20(24,25)26)11-1-4-13(23)5-2-11/h1-8,10,17H,9H2,(H,30,31,32)/t17-/m0/s1. The molecule has 14 heteroatoms. The van der Waals surface area contributed by atoms with Crippen molar-refractivity contribution in [3.63, 3.8) is 0 Å². The number of alkyl halides is 6. The fraction of sp³-hybridized carbons (Fsp3) is 0.190. The first kappa shape index (κ1) is 26.0. The number of ether oxygens (including phenoxy) is 2. The lowest BCUT2D eigenvalue weighted by atomic mass is 10.1. The number of carbonyl (C=O) groups excluding carboxylic acids is 1. The zero-order valence-electron chi connectivity index (χ0n) is 17.1. The van der Waals surface area contributed by atoms with Gasteiger partial charge in [0.05, 0.1) is 17.3 Å². The van der Waals surface area contributed by atoms with Crippen molar-refractivity contribution >= 4 is 23.4 Å². The molecule has 35 heavy (non-hydrogen) atoms. The molecular weight excluding hydrogens is 511 g/mol. The Hall–Kier alpha value is -3.61. The van der Waals surface area contributed by atoms with E-state index in [-0.39, 0.29) is 34.2 Å². The molecule has 0 radical (unpaired) electrons. The van der Waals surface area contributed by atoms with Crippen LogP contribution in [-0.4, -0.2) is 35.0 Å². The Morgan fingerprint density at radius 2 is 1.69 bits per heavy atom. The summed E-state index contributed by atoms with van der Waals surface area (Å²) in [5.41, 5.74) is 0.569. The Labute approximate surface area is 197 Å². The summed E-state index contributed by atoms with van der Waals surface area (Å²) in [7, 11) is 0. The van der Waals surface area contributed by atoms with Crippen LogP contribution in [0.3, 0.4) is 0 Å². The Morgan fingerprint density at radius 1 is 1.00 bits per heavy atom. The van der Waals surface area contributed by atoms with Crippen molar-refractivity contribution in [1.82, 2.24) is 9.97 Å². The third-order valence-corrected chi connectivity index (χ3v) is 4.61. The predicted octanol–water partition coefficient (Wildman–Crippen LogP) is 6.09. The average molecular weight is 524 g/mol. The lowest BCUT2D eigenvalue weighted by Crippen LogP contribution is -2.29. The summed E-state index contributed by atoms with van der Waals surface area (Å²) in [4.78, 5) is 19.2. The molecule has 0 spiro atoms. The first-order valence-electron chi connectivity index (χ1n) is 9.46. The normalized spacial score (nSPS) is 12.7. The second-order valence-corrected chi connectivity index (χ2v) is 7.21. The van der Waals surface area contributed by atoms with Gasteiger partial charge < -0.3 is 14.8 Å². The number of halogens is 8. The van der Waals surface area contributed by atoms with Crippen molar-refractivity contribution in [2.45, 2.75) is 18.6 Å². The molecule has 1 aromatic heterocycles. The highest BCUT2D eigenvalue weighted by atomic mass is 35.5. The maximum absolute atomic E-state index is 13.2. The highest BCUT2D eigenvalue weighted by Gasteiger charge is 2.42. The van der Waals surface area contributed by atoms with Crippen LogP contribution in [0.1, 0.15) is 11.7 Å². The number of nitrogens with one attached hydrogen (secondary N) is 1. The molecule has 0 saturated heterocycles. The Morgan fingerprint density at radius 3 is 2.29 bits per heavy atom. The molecule has 1 heterocycles. The molecule has 3 rings (SSSR count). The molecule has 0 saturated carbocycles. The topological polar surface area (TPSA) is 73.3 Å². The van der Waals surface area contributed by atoms with E-state index in [2.05, 4.69) is 24.8 Å². The summed E-state index contributed by atoms with van der Waals surface area (Å²) in [5.74, 6) is -3.62. The van der Waals surface area contributed by atoms with Crippen LogP contribution in [0.25, 0.3) is 11.3 Å². The number of hydrogen-bond donors (Lipinski definition) is 1. The van der Waals surface area contributed by atoms with Crippen LogP contribution >= 0.6 is 11.6 Å². The van der Waals surface area contributed by atoms with Crippen molar-refractivity contribution < 1.29 is 45.0 Å². The van der Waals surface area contributed by atoms with Gasteiger partial charge in [-0.3, -0.25) is 0 Å². The highest BCUT2D eigenvalue weighted by Crippen LogP contribution is 2.33. The minimum absolute atomic E-state index is 0.0805. The second kappa shape index (κ2) is 10.3. The zero-order valence-corrected chi connectivity index (χ0v) is 17.9. The first-order chi connectivity index (χ1) is 16.3. The fourth-order valence-electron chi connectivity index (χ4n) is 2.78. The summed E-state index contributed by atoms with van der Waals surface area (Å²) >= 11 is 5.84. The zero-order chi connectivity index (χ0) is 25.8. The van der Waals surface area contributed by atoms with E-state index < -0.39 is 36.2 Å². The van der Waals surface area contributed by atoms with Crippen molar-refractivity contribution in [2.75, 3.05) is 11.9 Å². The van der Waals surface area contributed by atoms with Crippen LogP contribution in [0, 0.1) is 5.82 Å². The van der Waals surface area contributed by atoms with E-state index in [0.29, 0.717) is 0 Å². The minimum atomic E-state index is -5.25. The molecular formula is C21H13ClF7N3O3.